The molecule has 262 valence electrons. The lowest BCUT2D eigenvalue weighted by Crippen LogP contribution is -2.50. The van der Waals surface area contributed by atoms with Gasteiger partial charge in [-0.2, -0.15) is 13.2 Å². The zero-order chi connectivity index (χ0) is 36.4. The lowest BCUT2D eigenvalue weighted by molar-refractivity contribution is -0.137. The lowest BCUT2D eigenvalue weighted by Gasteiger charge is -2.32. The van der Waals surface area contributed by atoms with E-state index in [0.717, 1.165) is 12.1 Å². The Bertz CT molecular complexity index is 2010. The number of azide groups is 2. The summed E-state index contributed by atoms with van der Waals surface area (Å²) in [6.45, 7) is -0.378. The molecule has 0 aromatic heterocycles. The highest BCUT2D eigenvalue weighted by Gasteiger charge is 2.54. The van der Waals surface area contributed by atoms with Gasteiger partial charge in [0.05, 0.1) is 18.7 Å². The first-order valence-electron chi connectivity index (χ1n) is 15.5. The van der Waals surface area contributed by atoms with Gasteiger partial charge in [-0.1, -0.05) is 58.8 Å². The number of halogens is 4. The van der Waals surface area contributed by atoms with Crippen molar-refractivity contribution in [3.63, 3.8) is 0 Å². The van der Waals surface area contributed by atoms with Crippen molar-refractivity contribution in [2.24, 2.45) is 15.2 Å². The first-order chi connectivity index (χ1) is 24.6. The molecule has 0 radical (unpaired) electrons. The van der Waals surface area contributed by atoms with E-state index in [1.54, 1.807) is 72.8 Å². The standard InChI is InChI=1S/C35H30F4N8O4/c36-27-17-22(16-26(18-27)35(37,38)39)20-42-33(49)34(19-24-6-2-4-9-30(24)45-47-41)31(29-8-3-1-7-25(29)21-43-46-40)51-32(44-34)23-10-12-28(13-11-23)50-15-5-14-48/h1-4,6-13,16-18,31,48H,5,14-15,19-21H2,(H,42,49)/t31-,34-/m1/s1. The van der Waals surface area contributed by atoms with Gasteiger partial charge in [0.25, 0.3) is 5.91 Å². The normalized spacial score (nSPS) is 16.6. The number of nitrogens with one attached hydrogen (secondary N) is 1. The summed E-state index contributed by atoms with van der Waals surface area (Å²) in [6, 6.07) is 21.9. The van der Waals surface area contributed by atoms with Crippen molar-refractivity contribution in [3.8, 4) is 5.75 Å². The van der Waals surface area contributed by atoms with Gasteiger partial charge < -0.3 is 19.9 Å². The number of ether oxygens (including phenoxy) is 2. The minimum atomic E-state index is -4.83. The van der Waals surface area contributed by atoms with Crippen LogP contribution in [0.5, 0.6) is 5.75 Å². The van der Waals surface area contributed by atoms with E-state index in [0.29, 0.717) is 40.5 Å². The number of hydrogen-bond donors (Lipinski definition) is 2. The van der Waals surface area contributed by atoms with Gasteiger partial charge in [-0.05, 0) is 75.8 Å². The Morgan fingerprint density at radius 1 is 1.00 bits per heavy atom. The van der Waals surface area contributed by atoms with Gasteiger partial charge in [-0.15, -0.1) is 0 Å². The summed E-state index contributed by atoms with van der Waals surface area (Å²) < 4.78 is 66.9. The Morgan fingerprint density at radius 2 is 1.73 bits per heavy atom. The number of carbonyl (C=O) groups excluding carboxylic acids is 1. The van der Waals surface area contributed by atoms with Crippen LogP contribution in [0.4, 0.5) is 23.2 Å². The summed E-state index contributed by atoms with van der Waals surface area (Å²) in [5.41, 5.74) is 17.0. The number of nitrogens with zero attached hydrogens (tertiary/aromatic N) is 7. The van der Waals surface area contributed by atoms with Crippen LogP contribution in [0.3, 0.4) is 0 Å². The highest BCUT2D eigenvalue weighted by molar-refractivity contribution is 6.01. The quantitative estimate of drug-likeness (QED) is 0.0443. The Kier molecular flexibility index (Phi) is 11.4. The number of benzene rings is 4. The summed E-state index contributed by atoms with van der Waals surface area (Å²) >= 11 is 0. The number of aliphatic imine (C=N–C) groups is 1. The zero-order valence-corrected chi connectivity index (χ0v) is 26.8. The maximum atomic E-state index is 14.6. The Hall–Kier alpha value is -6.08. The van der Waals surface area contributed by atoms with E-state index in [1.165, 1.54) is 0 Å². The van der Waals surface area contributed by atoms with E-state index in [4.69, 9.17) is 25.1 Å². The highest BCUT2D eigenvalue weighted by atomic mass is 19.4. The number of rotatable bonds is 14. The molecule has 1 aliphatic heterocycles. The molecule has 1 heterocycles. The molecule has 2 atom stereocenters. The molecule has 0 spiro atoms. The first kappa shape index (κ1) is 36.2. The molecule has 12 nitrogen and oxygen atoms in total. The molecule has 0 fully saturated rings. The summed E-state index contributed by atoms with van der Waals surface area (Å²) in [4.78, 5) is 25.3. The predicted octanol–water partition coefficient (Wildman–Crippen LogP) is 8.17. The molecule has 4 aromatic carbocycles. The summed E-state index contributed by atoms with van der Waals surface area (Å²) in [5, 5.41) is 19.2. The molecule has 0 unspecified atom stereocenters. The van der Waals surface area contributed by atoms with Crippen molar-refractivity contribution in [1.82, 2.24) is 5.32 Å². The average molecular weight is 703 g/mol. The van der Waals surface area contributed by atoms with Crippen LogP contribution in [0, 0.1) is 5.82 Å². The van der Waals surface area contributed by atoms with E-state index < -0.39 is 41.7 Å². The van der Waals surface area contributed by atoms with Crippen LogP contribution in [0.1, 0.15) is 45.9 Å². The van der Waals surface area contributed by atoms with Crippen LogP contribution in [-0.4, -0.2) is 35.7 Å². The fraction of sp³-hybridized carbons (Fsp3) is 0.257. The van der Waals surface area contributed by atoms with Gasteiger partial charge in [0.15, 0.2) is 11.6 Å². The van der Waals surface area contributed by atoms with Crippen LogP contribution in [-0.2, 0) is 35.2 Å². The van der Waals surface area contributed by atoms with Gasteiger partial charge in [0.2, 0.25) is 5.90 Å². The molecule has 0 aliphatic carbocycles. The first-order valence-corrected chi connectivity index (χ1v) is 15.5. The van der Waals surface area contributed by atoms with E-state index in [-0.39, 0.29) is 43.3 Å². The predicted molar refractivity (Wildman–Crippen MR) is 178 cm³/mol. The SMILES string of the molecule is [N-]=[N+]=NCc1ccccc1[C@H]1OC(c2ccc(OCCCO)cc2)=N[C@@]1(Cc1ccccc1N=[N+]=[N-])C(=O)NCc1cc(F)cc(C(F)(F)F)c1. The van der Waals surface area contributed by atoms with Gasteiger partial charge >= 0.3 is 6.18 Å². The third kappa shape index (κ3) is 8.57. The fourth-order valence-corrected chi connectivity index (χ4v) is 5.65. The molecular formula is C35H30F4N8O4. The molecule has 0 bridgehead atoms. The number of aliphatic hydroxyl groups is 1. The van der Waals surface area contributed by atoms with E-state index in [1.807, 2.05) is 0 Å². The van der Waals surface area contributed by atoms with Gasteiger partial charge in [0, 0.05) is 47.1 Å². The summed E-state index contributed by atoms with van der Waals surface area (Å²) in [5.74, 6) is -1.39. The Balaban J connectivity index is 1.65. The van der Waals surface area contributed by atoms with E-state index in [9.17, 15) is 27.9 Å². The molecule has 0 saturated heterocycles. The zero-order valence-electron chi connectivity index (χ0n) is 26.8. The van der Waals surface area contributed by atoms with Crippen molar-refractivity contribution >= 4 is 17.5 Å². The highest BCUT2D eigenvalue weighted by Crippen LogP contribution is 2.45. The number of alkyl halides is 3. The lowest BCUT2D eigenvalue weighted by atomic mass is 9.80. The Labute approximate surface area is 288 Å². The molecule has 2 N–H and O–H groups in total. The van der Waals surface area contributed by atoms with Crippen molar-refractivity contribution in [2.45, 2.75) is 43.8 Å². The summed E-state index contributed by atoms with van der Waals surface area (Å²) in [7, 11) is 0. The molecule has 1 amide bonds. The molecule has 0 saturated carbocycles. The second-order valence-electron chi connectivity index (χ2n) is 11.4. The molecule has 16 heteroatoms. The van der Waals surface area contributed by atoms with Gasteiger partial charge in [-0.3, -0.25) is 4.79 Å². The fourth-order valence-electron chi connectivity index (χ4n) is 5.65. The number of hydrogen-bond acceptors (Lipinski definition) is 7. The van der Waals surface area contributed by atoms with Crippen molar-refractivity contribution in [3.05, 3.63) is 151 Å². The monoisotopic (exact) mass is 702 g/mol. The molecular weight excluding hydrogens is 672 g/mol. The molecule has 1 aliphatic rings. The minimum Gasteiger partial charge on any atom is -0.494 e. The minimum absolute atomic E-state index is 0.0297. The van der Waals surface area contributed by atoms with Crippen LogP contribution in [0.2, 0.25) is 0 Å². The van der Waals surface area contributed by atoms with Crippen LogP contribution in [0.25, 0.3) is 20.9 Å². The maximum absolute atomic E-state index is 14.6. The second-order valence-corrected chi connectivity index (χ2v) is 11.4. The van der Waals surface area contributed by atoms with Crippen molar-refractivity contribution in [2.75, 3.05) is 13.2 Å². The molecule has 51 heavy (non-hydrogen) atoms. The van der Waals surface area contributed by atoms with Crippen molar-refractivity contribution in [1.29, 1.82) is 0 Å². The van der Waals surface area contributed by atoms with Crippen LogP contribution in [0.15, 0.2) is 106 Å². The Morgan fingerprint density at radius 3 is 2.43 bits per heavy atom. The molecule has 4 aromatic rings. The summed E-state index contributed by atoms with van der Waals surface area (Å²) in [6.07, 6.45) is -5.84. The third-order valence-corrected chi connectivity index (χ3v) is 8.01. The second kappa shape index (κ2) is 16.1. The maximum Gasteiger partial charge on any atom is 0.416 e. The number of aliphatic hydroxyl groups excluding tert-OH is 1. The van der Waals surface area contributed by atoms with Gasteiger partial charge in [0.1, 0.15) is 11.6 Å². The van der Waals surface area contributed by atoms with E-state index in [2.05, 4.69) is 25.4 Å². The molecule has 5 rings (SSSR count). The number of carbonyl (C=O) groups is 1. The van der Waals surface area contributed by atoms with E-state index >= 15 is 0 Å². The number of amides is 1. The largest absolute Gasteiger partial charge is 0.494 e. The third-order valence-electron chi connectivity index (χ3n) is 8.01. The van der Waals surface area contributed by atoms with Crippen LogP contribution < -0.4 is 10.1 Å². The van der Waals surface area contributed by atoms with Crippen molar-refractivity contribution < 1.29 is 36.9 Å². The van der Waals surface area contributed by atoms with Crippen LogP contribution >= 0.6 is 0 Å². The average Bonchev–Trinajstić information content (AvgIpc) is 3.50. The topological polar surface area (TPSA) is 178 Å². The smallest absolute Gasteiger partial charge is 0.416 e. The van der Waals surface area contributed by atoms with Gasteiger partial charge in [-0.25, -0.2) is 9.38 Å².